The van der Waals surface area contributed by atoms with Crippen molar-refractivity contribution in [1.82, 2.24) is 14.7 Å². The van der Waals surface area contributed by atoms with Crippen LogP contribution in [0.15, 0.2) is 29.1 Å². The molecule has 1 aromatic heterocycles. The van der Waals surface area contributed by atoms with E-state index in [9.17, 15) is 9.59 Å². The lowest BCUT2D eigenvalue weighted by atomic mass is 10.1. The Morgan fingerprint density at radius 2 is 2.09 bits per heavy atom. The molecule has 116 valence electrons. The van der Waals surface area contributed by atoms with E-state index in [-0.39, 0.29) is 24.0 Å². The van der Waals surface area contributed by atoms with Crippen LogP contribution < -0.4 is 5.56 Å². The fraction of sp³-hybridized carbons (Fsp3) is 0.438. The Hall–Kier alpha value is -2.21. The number of amides is 1. The molecule has 1 aliphatic rings. The first-order chi connectivity index (χ1) is 10.6. The van der Waals surface area contributed by atoms with Crippen molar-refractivity contribution >= 4 is 16.7 Å². The summed E-state index contributed by atoms with van der Waals surface area (Å²) in [6.07, 6.45) is 0.254. The number of rotatable bonds is 2. The van der Waals surface area contributed by atoms with Crippen LogP contribution in [0.3, 0.4) is 0 Å². The fourth-order valence-corrected chi connectivity index (χ4v) is 2.81. The van der Waals surface area contributed by atoms with E-state index < -0.39 is 0 Å². The third-order valence-corrected chi connectivity index (χ3v) is 3.95. The summed E-state index contributed by atoms with van der Waals surface area (Å²) in [6, 6.07) is 7.28. The Labute approximate surface area is 128 Å². The van der Waals surface area contributed by atoms with E-state index in [4.69, 9.17) is 4.74 Å². The molecule has 1 fully saturated rings. The van der Waals surface area contributed by atoms with Crippen molar-refractivity contribution in [3.8, 4) is 0 Å². The number of carbonyl (C=O) groups is 1. The molecule has 0 spiro atoms. The molecule has 22 heavy (non-hydrogen) atoms. The summed E-state index contributed by atoms with van der Waals surface area (Å²) < 4.78 is 6.76. The first kappa shape index (κ1) is 14.7. The second-order valence-corrected chi connectivity index (χ2v) is 5.62. The molecule has 2 aromatic rings. The van der Waals surface area contributed by atoms with Gasteiger partial charge in [0.15, 0.2) is 0 Å². The Morgan fingerprint density at radius 3 is 2.82 bits per heavy atom. The monoisotopic (exact) mass is 301 g/mol. The number of fused-ring (bicyclic) bond motifs is 1. The van der Waals surface area contributed by atoms with E-state index in [2.05, 4.69) is 5.10 Å². The second-order valence-electron chi connectivity index (χ2n) is 5.62. The number of carbonyl (C=O) groups excluding carboxylic acids is 1. The van der Waals surface area contributed by atoms with Crippen molar-refractivity contribution in [2.24, 2.45) is 7.05 Å². The summed E-state index contributed by atoms with van der Waals surface area (Å²) >= 11 is 0. The van der Waals surface area contributed by atoms with E-state index >= 15 is 0 Å². The normalized spacial score (nSPS) is 18.6. The minimum Gasteiger partial charge on any atom is -0.375 e. The maximum Gasteiger partial charge on any atom is 0.274 e. The Morgan fingerprint density at radius 1 is 1.36 bits per heavy atom. The molecule has 1 aliphatic heterocycles. The highest BCUT2D eigenvalue weighted by atomic mass is 16.5. The summed E-state index contributed by atoms with van der Waals surface area (Å²) in [6.45, 7) is 3.73. The molecule has 3 rings (SSSR count). The molecule has 1 amide bonds. The average molecular weight is 301 g/mol. The highest BCUT2D eigenvalue weighted by Crippen LogP contribution is 2.15. The van der Waals surface area contributed by atoms with E-state index in [0.29, 0.717) is 30.8 Å². The first-order valence-electron chi connectivity index (χ1n) is 7.40. The molecule has 1 aromatic carbocycles. The molecule has 0 bridgehead atoms. The van der Waals surface area contributed by atoms with Crippen LogP contribution in [0.2, 0.25) is 0 Å². The molecule has 0 aliphatic carbocycles. The minimum atomic E-state index is -0.146. The van der Waals surface area contributed by atoms with Gasteiger partial charge in [0.25, 0.3) is 5.56 Å². The van der Waals surface area contributed by atoms with Gasteiger partial charge in [-0.2, -0.15) is 5.10 Å². The van der Waals surface area contributed by atoms with E-state index in [1.165, 1.54) is 4.68 Å². The third-order valence-electron chi connectivity index (χ3n) is 3.95. The van der Waals surface area contributed by atoms with Gasteiger partial charge in [0, 0.05) is 25.5 Å². The van der Waals surface area contributed by atoms with Crippen molar-refractivity contribution in [3.63, 3.8) is 0 Å². The van der Waals surface area contributed by atoms with Crippen LogP contribution in [-0.2, 0) is 23.0 Å². The van der Waals surface area contributed by atoms with Crippen molar-refractivity contribution < 1.29 is 9.53 Å². The lowest BCUT2D eigenvalue weighted by Crippen LogP contribution is -2.45. The smallest absolute Gasteiger partial charge is 0.274 e. The van der Waals surface area contributed by atoms with Crippen LogP contribution in [0, 0.1) is 0 Å². The summed E-state index contributed by atoms with van der Waals surface area (Å²) in [5.41, 5.74) is 0.494. The van der Waals surface area contributed by atoms with Crippen molar-refractivity contribution in [1.29, 1.82) is 0 Å². The minimum absolute atomic E-state index is 0.0199. The lowest BCUT2D eigenvalue weighted by Gasteiger charge is -2.31. The zero-order chi connectivity index (χ0) is 15.7. The number of hydrogen-bond acceptors (Lipinski definition) is 4. The van der Waals surface area contributed by atoms with Crippen LogP contribution in [0.5, 0.6) is 0 Å². The molecule has 0 saturated carbocycles. The SMILES string of the molecule is C[C@@H]1CN(C(=O)Cc2nn(C)c(=O)c3ccccc23)CCO1. The molecule has 0 N–H and O–H groups in total. The predicted octanol–water partition coefficient (Wildman–Crippen LogP) is 0.723. The molecule has 1 atom stereocenters. The van der Waals surface area contributed by atoms with Gasteiger partial charge in [-0.3, -0.25) is 9.59 Å². The summed E-state index contributed by atoms with van der Waals surface area (Å²) in [5.74, 6) is 0.0199. The van der Waals surface area contributed by atoms with Crippen LogP contribution in [-0.4, -0.2) is 46.4 Å². The number of morpholine rings is 1. The fourth-order valence-electron chi connectivity index (χ4n) is 2.81. The van der Waals surface area contributed by atoms with Gasteiger partial charge in [-0.05, 0) is 13.0 Å². The van der Waals surface area contributed by atoms with Crippen molar-refractivity contribution in [3.05, 3.63) is 40.3 Å². The van der Waals surface area contributed by atoms with Gasteiger partial charge in [-0.15, -0.1) is 0 Å². The lowest BCUT2D eigenvalue weighted by molar-refractivity contribution is -0.137. The van der Waals surface area contributed by atoms with E-state index in [0.717, 1.165) is 5.39 Å². The highest BCUT2D eigenvalue weighted by Gasteiger charge is 2.22. The molecule has 0 unspecified atom stereocenters. The predicted molar refractivity (Wildman–Crippen MR) is 82.7 cm³/mol. The van der Waals surface area contributed by atoms with Gasteiger partial charge in [-0.25, -0.2) is 4.68 Å². The van der Waals surface area contributed by atoms with E-state index in [1.54, 1.807) is 18.0 Å². The van der Waals surface area contributed by atoms with Crippen molar-refractivity contribution in [2.75, 3.05) is 19.7 Å². The highest BCUT2D eigenvalue weighted by molar-refractivity contribution is 5.88. The Balaban J connectivity index is 1.92. The average Bonchev–Trinajstić information content (AvgIpc) is 2.52. The van der Waals surface area contributed by atoms with Crippen LogP contribution in [0.1, 0.15) is 12.6 Å². The Bertz CT molecular complexity index is 769. The van der Waals surface area contributed by atoms with Crippen LogP contribution in [0.4, 0.5) is 0 Å². The number of aryl methyl sites for hydroxylation is 1. The first-order valence-corrected chi connectivity index (χ1v) is 7.40. The van der Waals surface area contributed by atoms with Crippen molar-refractivity contribution in [2.45, 2.75) is 19.4 Å². The van der Waals surface area contributed by atoms with Gasteiger partial charge in [-0.1, -0.05) is 18.2 Å². The molecule has 1 saturated heterocycles. The standard InChI is InChI=1S/C16H19N3O3/c1-11-10-19(7-8-22-11)15(20)9-14-12-5-3-4-6-13(12)16(21)18(2)17-14/h3-6,11H,7-10H2,1-2H3/t11-/m1/s1. The number of nitrogens with zero attached hydrogens (tertiary/aromatic N) is 3. The number of hydrogen-bond donors (Lipinski definition) is 0. The number of benzene rings is 1. The largest absolute Gasteiger partial charge is 0.375 e. The van der Waals surface area contributed by atoms with Gasteiger partial charge in [0.05, 0.1) is 30.2 Å². The molecule has 2 heterocycles. The summed E-state index contributed by atoms with van der Waals surface area (Å²) in [7, 11) is 1.61. The van der Waals surface area contributed by atoms with E-state index in [1.807, 2.05) is 25.1 Å². The quantitative estimate of drug-likeness (QED) is 0.820. The molecular formula is C16H19N3O3. The zero-order valence-corrected chi connectivity index (χ0v) is 12.8. The summed E-state index contributed by atoms with van der Waals surface area (Å²) in [5, 5.41) is 5.63. The van der Waals surface area contributed by atoms with Gasteiger partial charge in [0.2, 0.25) is 5.91 Å². The molecule has 6 heteroatoms. The molecule has 0 radical (unpaired) electrons. The Kier molecular flexibility index (Phi) is 3.94. The van der Waals surface area contributed by atoms with Crippen LogP contribution >= 0.6 is 0 Å². The maximum absolute atomic E-state index is 12.5. The van der Waals surface area contributed by atoms with Crippen LogP contribution in [0.25, 0.3) is 10.8 Å². The maximum atomic E-state index is 12.5. The molecule has 6 nitrogen and oxygen atoms in total. The second kappa shape index (κ2) is 5.88. The van der Waals surface area contributed by atoms with Gasteiger partial charge < -0.3 is 9.64 Å². The van der Waals surface area contributed by atoms with Gasteiger partial charge >= 0.3 is 0 Å². The topological polar surface area (TPSA) is 64.4 Å². The number of ether oxygens (including phenoxy) is 1. The zero-order valence-electron chi connectivity index (χ0n) is 12.8. The van der Waals surface area contributed by atoms with Gasteiger partial charge in [0.1, 0.15) is 0 Å². The third kappa shape index (κ3) is 2.74. The number of aromatic nitrogens is 2. The summed E-state index contributed by atoms with van der Waals surface area (Å²) in [4.78, 5) is 26.4. The molecular weight excluding hydrogens is 282 g/mol.